The molecule has 172 valence electrons. The summed E-state index contributed by atoms with van der Waals surface area (Å²) in [6.07, 6.45) is 35.1. The van der Waals surface area contributed by atoms with Crippen LogP contribution >= 0.6 is 0 Å². The van der Waals surface area contributed by atoms with Crippen molar-refractivity contribution in [2.24, 2.45) is 0 Å². The van der Waals surface area contributed by atoms with Crippen molar-refractivity contribution in [3.63, 3.8) is 0 Å². The predicted molar refractivity (Wildman–Crippen MR) is 135 cm³/mol. The largest absolute Gasteiger partial charge is 0.103 e. The van der Waals surface area contributed by atoms with E-state index in [1.807, 2.05) is 0 Å². The first-order chi connectivity index (χ1) is 14.4. The van der Waals surface area contributed by atoms with E-state index in [-0.39, 0.29) is 0 Å². The van der Waals surface area contributed by atoms with Crippen LogP contribution in [0.5, 0.6) is 0 Å². The Kier molecular flexibility index (Phi) is 27.1. The summed E-state index contributed by atoms with van der Waals surface area (Å²) >= 11 is 0. The standard InChI is InChI=1S/C29H56/c1-3-5-7-9-11-13-15-17-19-21-23-25-27-29-28-26-24-22-20-18-16-14-12-10-8-6-4-2/h3-23,25,27-29H2,1-2H3. The van der Waals surface area contributed by atoms with Crippen molar-refractivity contribution < 1.29 is 0 Å². The van der Waals surface area contributed by atoms with Crippen LogP contribution in [0.25, 0.3) is 0 Å². The summed E-state index contributed by atoms with van der Waals surface area (Å²) in [7, 11) is 0. The molecular weight excluding hydrogens is 348 g/mol. The topological polar surface area (TPSA) is 0 Å². The Balaban J connectivity index is 3.08. The molecule has 0 spiro atoms. The highest BCUT2D eigenvalue weighted by Gasteiger charge is 1.94. The summed E-state index contributed by atoms with van der Waals surface area (Å²) in [5.74, 6) is 6.80. The van der Waals surface area contributed by atoms with Gasteiger partial charge < -0.3 is 0 Å². The average molecular weight is 405 g/mol. The van der Waals surface area contributed by atoms with E-state index < -0.39 is 0 Å². The van der Waals surface area contributed by atoms with Gasteiger partial charge in [-0.1, -0.05) is 149 Å². The van der Waals surface area contributed by atoms with Crippen LogP contribution in [-0.4, -0.2) is 0 Å². The van der Waals surface area contributed by atoms with Crippen molar-refractivity contribution in [2.75, 3.05) is 0 Å². The maximum Gasteiger partial charge on any atom is 0.00886 e. The fourth-order valence-electron chi connectivity index (χ4n) is 4.11. The van der Waals surface area contributed by atoms with Crippen LogP contribution in [0.2, 0.25) is 0 Å². The third kappa shape index (κ3) is 27.6. The quantitative estimate of drug-likeness (QED) is 0.117. The van der Waals surface area contributed by atoms with Gasteiger partial charge in [-0.2, -0.15) is 0 Å². The van der Waals surface area contributed by atoms with Crippen molar-refractivity contribution in [3.8, 4) is 11.8 Å². The van der Waals surface area contributed by atoms with Gasteiger partial charge in [-0.05, 0) is 12.8 Å². The molecule has 0 heteroatoms. The van der Waals surface area contributed by atoms with Crippen LogP contribution in [0.4, 0.5) is 0 Å². The molecular formula is C29H56. The van der Waals surface area contributed by atoms with E-state index in [9.17, 15) is 0 Å². The van der Waals surface area contributed by atoms with Gasteiger partial charge in [0.2, 0.25) is 0 Å². The van der Waals surface area contributed by atoms with Gasteiger partial charge >= 0.3 is 0 Å². The molecule has 0 rings (SSSR count). The van der Waals surface area contributed by atoms with Gasteiger partial charge in [-0.25, -0.2) is 0 Å². The zero-order valence-electron chi connectivity index (χ0n) is 20.7. The lowest BCUT2D eigenvalue weighted by Crippen LogP contribution is -1.83. The van der Waals surface area contributed by atoms with E-state index in [1.165, 1.54) is 148 Å². The Hall–Kier alpha value is -0.440. The summed E-state index contributed by atoms with van der Waals surface area (Å²) in [6, 6.07) is 0. The number of hydrogen-bond acceptors (Lipinski definition) is 0. The summed E-state index contributed by atoms with van der Waals surface area (Å²) in [5, 5.41) is 0. The number of hydrogen-bond donors (Lipinski definition) is 0. The Morgan fingerprint density at radius 3 is 0.724 bits per heavy atom. The normalized spacial score (nSPS) is 10.8. The number of unbranched alkanes of at least 4 members (excludes halogenated alkanes) is 23. The molecule has 0 aliphatic heterocycles. The van der Waals surface area contributed by atoms with E-state index in [1.54, 1.807) is 0 Å². The average Bonchev–Trinajstić information content (AvgIpc) is 2.74. The second kappa shape index (κ2) is 27.6. The fraction of sp³-hybridized carbons (Fsp3) is 0.931. The second-order valence-corrected chi connectivity index (χ2v) is 9.28. The molecule has 29 heavy (non-hydrogen) atoms. The smallest absolute Gasteiger partial charge is 0.00886 e. The van der Waals surface area contributed by atoms with Gasteiger partial charge in [0.25, 0.3) is 0 Å². The molecule has 0 aliphatic rings. The zero-order chi connectivity index (χ0) is 21.1. The highest BCUT2D eigenvalue weighted by atomic mass is 14.0. The third-order valence-electron chi connectivity index (χ3n) is 6.19. The lowest BCUT2D eigenvalue weighted by atomic mass is 10.0. The summed E-state index contributed by atoms with van der Waals surface area (Å²) in [5.41, 5.74) is 0. The molecule has 0 radical (unpaired) electrons. The van der Waals surface area contributed by atoms with Crippen molar-refractivity contribution in [2.45, 2.75) is 174 Å². The molecule has 0 atom stereocenters. The van der Waals surface area contributed by atoms with Crippen molar-refractivity contribution in [1.29, 1.82) is 0 Å². The van der Waals surface area contributed by atoms with Gasteiger partial charge in [0, 0.05) is 12.8 Å². The molecule has 0 heterocycles. The van der Waals surface area contributed by atoms with Crippen LogP contribution in [-0.2, 0) is 0 Å². The first-order valence-corrected chi connectivity index (χ1v) is 13.9. The van der Waals surface area contributed by atoms with Crippen LogP contribution in [0, 0.1) is 11.8 Å². The van der Waals surface area contributed by atoms with E-state index in [0.29, 0.717) is 0 Å². The lowest BCUT2D eigenvalue weighted by Gasteiger charge is -2.02. The van der Waals surface area contributed by atoms with E-state index in [0.717, 1.165) is 12.8 Å². The number of rotatable bonds is 23. The lowest BCUT2D eigenvalue weighted by molar-refractivity contribution is 0.536. The van der Waals surface area contributed by atoms with E-state index >= 15 is 0 Å². The predicted octanol–water partition coefficient (Wildman–Crippen LogP) is 10.8. The van der Waals surface area contributed by atoms with Crippen LogP contribution in [0.3, 0.4) is 0 Å². The minimum absolute atomic E-state index is 1.13. The van der Waals surface area contributed by atoms with Crippen molar-refractivity contribution in [3.05, 3.63) is 0 Å². The van der Waals surface area contributed by atoms with Gasteiger partial charge in [0.15, 0.2) is 0 Å². The van der Waals surface area contributed by atoms with Crippen LogP contribution < -0.4 is 0 Å². The Bertz CT molecular complexity index is 332. The fourth-order valence-corrected chi connectivity index (χ4v) is 4.11. The van der Waals surface area contributed by atoms with Crippen LogP contribution in [0.1, 0.15) is 174 Å². The van der Waals surface area contributed by atoms with Gasteiger partial charge in [-0.3, -0.25) is 0 Å². The molecule has 0 nitrogen and oxygen atoms in total. The summed E-state index contributed by atoms with van der Waals surface area (Å²) in [6.45, 7) is 4.59. The second-order valence-electron chi connectivity index (χ2n) is 9.28. The molecule has 0 amide bonds. The SMILES string of the molecule is CCCCCCCCCCCC#CCCCCCCCCCCCCCCCC. The molecule has 0 aromatic carbocycles. The maximum atomic E-state index is 3.40. The molecule has 0 saturated heterocycles. The molecule has 0 bridgehead atoms. The zero-order valence-corrected chi connectivity index (χ0v) is 20.7. The molecule has 0 aromatic rings. The van der Waals surface area contributed by atoms with Crippen molar-refractivity contribution >= 4 is 0 Å². The van der Waals surface area contributed by atoms with E-state index in [2.05, 4.69) is 25.7 Å². The summed E-state index contributed by atoms with van der Waals surface area (Å²) < 4.78 is 0. The molecule has 0 unspecified atom stereocenters. The minimum atomic E-state index is 1.13. The molecule has 0 aromatic heterocycles. The first-order valence-electron chi connectivity index (χ1n) is 13.9. The van der Waals surface area contributed by atoms with E-state index in [4.69, 9.17) is 0 Å². The maximum absolute atomic E-state index is 3.40. The monoisotopic (exact) mass is 404 g/mol. The summed E-state index contributed by atoms with van der Waals surface area (Å²) in [4.78, 5) is 0. The van der Waals surface area contributed by atoms with Gasteiger partial charge in [0.1, 0.15) is 0 Å². The highest BCUT2D eigenvalue weighted by Crippen LogP contribution is 2.13. The minimum Gasteiger partial charge on any atom is -0.103 e. The Labute approximate surface area is 186 Å². The first kappa shape index (κ1) is 28.6. The molecule has 0 saturated carbocycles. The third-order valence-corrected chi connectivity index (χ3v) is 6.19. The Morgan fingerprint density at radius 2 is 0.483 bits per heavy atom. The highest BCUT2D eigenvalue weighted by molar-refractivity contribution is 4.98. The van der Waals surface area contributed by atoms with Gasteiger partial charge in [-0.15, -0.1) is 11.8 Å². The molecule has 0 N–H and O–H groups in total. The van der Waals surface area contributed by atoms with Gasteiger partial charge in [0.05, 0.1) is 0 Å². The van der Waals surface area contributed by atoms with Crippen molar-refractivity contribution in [1.82, 2.24) is 0 Å². The molecule has 0 aliphatic carbocycles. The molecule has 0 fully saturated rings. The van der Waals surface area contributed by atoms with Crippen LogP contribution in [0.15, 0.2) is 0 Å². The Morgan fingerprint density at radius 1 is 0.276 bits per heavy atom.